The van der Waals surface area contributed by atoms with Gasteiger partial charge in [-0.25, -0.2) is 10.5 Å². The van der Waals surface area contributed by atoms with Crippen LogP contribution in [0.25, 0.3) is 11.3 Å². The molecule has 0 fully saturated rings. The first-order chi connectivity index (χ1) is 10.6. The summed E-state index contributed by atoms with van der Waals surface area (Å²) in [5.74, 6) is 4.49. The third-order valence-electron chi connectivity index (χ3n) is 3.20. The monoisotopic (exact) mass is 302 g/mol. The van der Waals surface area contributed by atoms with E-state index in [-0.39, 0.29) is 12.1 Å². The topological polar surface area (TPSA) is 99.2 Å². The summed E-state index contributed by atoms with van der Waals surface area (Å²) in [5.41, 5.74) is 3.86. The number of nitrogen functional groups attached to an aromatic ring is 1. The summed E-state index contributed by atoms with van der Waals surface area (Å²) in [7, 11) is 1.53. The fourth-order valence-electron chi connectivity index (χ4n) is 1.98. The molecule has 0 saturated heterocycles. The van der Waals surface area contributed by atoms with Gasteiger partial charge in [-0.05, 0) is 13.0 Å². The summed E-state index contributed by atoms with van der Waals surface area (Å²) >= 11 is 0. The van der Waals surface area contributed by atoms with Crippen LogP contribution in [0.1, 0.15) is 15.9 Å². The van der Waals surface area contributed by atoms with Gasteiger partial charge in [0.25, 0.3) is 11.5 Å². The summed E-state index contributed by atoms with van der Waals surface area (Å²) in [6.45, 7) is 2.54. The Labute approximate surface area is 127 Å². The predicted octanol–water partition coefficient (Wildman–Crippen LogP) is 0.469. The van der Waals surface area contributed by atoms with Crippen LogP contribution in [-0.4, -0.2) is 29.4 Å². The molecule has 0 bridgehead atoms. The van der Waals surface area contributed by atoms with Crippen molar-refractivity contribution in [1.29, 1.82) is 0 Å². The second-order valence-corrected chi connectivity index (χ2v) is 4.80. The van der Waals surface area contributed by atoms with Crippen LogP contribution in [0.15, 0.2) is 35.1 Å². The molecule has 22 heavy (non-hydrogen) atoms. The van der Waals surface area contributed by atoms with E-state index in [9.17, 15) is 9.59 Å². The first-order valence-corrected chi connectivity index (χ1v) is 6.76. The SMILES string of the molecule is COCCn1nc(-c2ccc(C)cc2)cc(C(=O)NN)c1=O. The van der Waals surface area contributed by atoms with E-state index in [0.717, 1.165) is 11.1 Å². The quantitative estimate of drug-likeness (QED) is 0.475. The molecule has 1 heterocycles. The maximum atomic E-state index is 12.2. The fraction of sp³-hybridized carbons (Fsp3) is 0.267. The Bertz CT molecular complexity index is 723. The number of hydrazine groups is 1. The van der Waals surface area contributed by atoms with Crippen LogP contribution in [0.4, 0.5) is 0 Å². The van der Waals surface area contributed by atoms with E-state index in [0.29, 0.717) is 12.3 Å². The molecule has 0 aliphatic rings. The molecular weight excluding hydrogens is 284 g/mol. The number of carbonyl (C=O) groups is 1. The molecular formula is C15H18N4O3. The van der Waals surface area contributed by atoms with Gasteiger partial charge in [-0.1, -0.05) is 29.8 Å². The first kappa shape index (κ1) is 15.9. The number of hydrogen-bond acceptors (Lipinski definition) is 5. The minimum atomic E-state index is -0.646. The van der Waals surface area contributed by atoms with Gasteiger partial charge in [0, 0.05) is 12.7 Å². The number of methoxy groups -OCH3 is 1. The molecule has 2 aromatic rings. The number of benzene rings is 1. The van der Waals surface area contributed by atoms with Crippen molar-refractivity contribution < 1.29 is 9.53 Å². The number of carbonyl (C=O) groups excluding carboxylic acids is 1. The van der Waals surface area contributed by atoms with Crippen molar-refractivity contribution >= 4 is 5.91 Å². The van der Waals surface area contributed by atoms with Gasteiger partial charge in [0.05, 0.1) is 18.8 Å². The van der Waals surface area contributed by atoms with Crippen LogP contribution in [0.5, 0.6) is 0 Å². The Morgan fingerprint density at radius 1 is 1.36 bits per heavy atom. The van der Waals surface area contributed by atoms with Gasteiger partial charge in [0.1, 0.15) is 5.56 Å². The Morgan fingerprint density at radius 2 is 2.05 bits per heavy atom. The zero-order chi connectivity index (χ0) is 16.1. The van der Waals surface area contributed by atoms with E-state index in [4.69, 9.17) is 10.6 Å². The molecule has 7 nitrogen and oxygen atoms in total. The highest BCUT2D eigenvalue weighted by Crippen LogP contribution is 2.17. The number of hydrogen-bond donors (Lipinski definition) is 2. The Hall–Kier alpha value is -2.51. The Kier molecular flexibility index (Phi) is 5.03. The molecule has 2 rings (SSSR count). The third kappa shape index (κ3) is 3.38. The van der Waals surface area contributed by atoms with Crippen LogP contribution in [0.2, 0.25) is 0 Å². The van der Waals surface area contributed by atoms with Crippen LogP contribution in [0.3, 0.4) is 0 Å². The second kappa shape index (κ2) is 6.97. The van der Waals surface area contributed by atoms with Crippen LogP contribution >= 0.6 is 0 Å². The average Bonchev–Trinajstić information content (AvgIpc) is 2.54. The van der Waals surface area contributed by atoms with Crippen molar-refractivity contribution in [2.24, 2.45) is 5.84 Å². The molecule has 0 aliphatic carbocycles. The van der Waals surface area contributed by atoms with E-state index in [1.807, 2.05) is 36.6 Å². The third-order valence-corrected chi connectivity index (χ3v) is 3.20. The van der Waals surface area contributed by atoms with Gasteiger partial charge >= 0.3 is 0 Å². The average molecular weight is 302 g/mol. The molecule has 0 saturated carbocycles. The number of aryl methyl sites for hydroxylation is 1. The summed E-state index contributed by atoms with van der Waals surface area (Å²) in [6.07, 6.45) is 0. The highest BCUT2D eigenvalue weighted by molar-refractivity contribution is 5.94. The maximum absolute atomic E-state index is 12.2. The molecule has 1 aromatic carbocycles. The number of aromatic nitrogens is 2. The van der Waals surface area contributed by atoms with Crippen LogP contribution in [-0.2, 0) is 11.3 Å². The second-order valence-electron chi connectivity index (χ2n) is 4.80. The smallest absolute Gasteiger partial charge is 0.279 e. The predicted molar refractivity (Wildman–Crippen MR) is 82.2 cm³/mol. The summed E-state index contributed by atoms with van der Waals surface area (Å²) in [6, 6.07) is 9.08. The fourth-order valence-corrected chi connectivity index (χ4v) is 1.98. The van der Waals surface area contributed by atoms with Crippen LogP contribution < -0.4 is 16.8 Å². The number of ether oxygens (including phenoxy) is 1. The van der Waals surface area contributed by atoms with Gasteiger partial charge in [-0.3, -0.25) is 15.0 Å². The zero-order valence-corrected chi connectivity index (χ0v) is 12.5. The van der Waals surface area contributed by atoms with Gasteiger partial charge in [0.2, 0.25) is 0 Å². The lowest BCUT2D eigenvalue weighted by Gasteiger charge is -2.10. The molecule has 1 amide bonds. The van der Waals surface area contributed by atoms with Gasteiger partial charge in [-0.15, -0.1) is 0 Å². The van der Waals surface area contributed by atoms with E-state index >= 15 is 0 Å². The lowest BCUT2D eigenvalue weighted by molar-refractivity contribution is 0.0950. The van der Waals surface area contributed by atoms with Crippen molar-refractivity contribution in [3.8, 4) is 11.3 Å². The number of nitrogens with zero attached hydrogens (tertiary/aromatic N) is 2. The molecule has 7 heteroatoms. The number of rotatable bonds is 5. The number of nitrogens with one attached hydrogen (secondary N) is 1. The van der Waals surface area contributed by atoms with Crippen molar-refractivity contribution in [3.05, 3.63) is 51.8 Å². The van der Waals surface area contributed by atoms with Crippen LogP contribution in [0, 0.1) is 6.92 Å². The van der Waals surface area contributed by atoms with E-state index in [1.165, 1.54) is 17.9 Å². The molecule has 3 N–H and O–H groups in total. The largest absolute Gasteiger partial charge is 0.383 e. The van der Waals surface area contributed by atoms with Gasteiger partial charge < -0.3 is 4.74 Å². The van der Waals surface area contributed by atoms with E-state index in [1.54, 1.807) is 0 Å². The van der Waals surface area contributed by atoms with Crippen molar-refractivity contribution in [2.45, 2.75) is 13.5 Å². The normalized spacial score (nSPS) is 10.5. The minimum Gasteiger partial charge on any atom is -0.383 e. The highest BCUT2D eigenvalue weighted by Gasteiger charge is 2.15. The Morgan fingerprint density at radius 3 is 2.64 bits per heavy atom. The molecule has 0 spiro atoms. The highest BCUT2D eigenvalue weighted by atomic mass is 16.5. The first-order valence-electron chi connectivity index (χ1n) is 6.76. The molecule has 1 aromatic heterocycles. The zero-order valence-electron chi connectivity index (χ0n) is 12.5. The number of nitrogens with two attached hydrogens (primary N) is 1. The van der Waals surface area contributed by atoms with Gasteiger partial charge in [0.15, 0.2) is 0 Å². The lowest BCUT2D eigenvalue weighted by Crippen LogP contribution is -2.38. The van der Waals surface area contributed by atoms with E-state index < -0.39 is 11.5 Å². The minimum absolute atomic E-state index is 0.0517. The molecule has 0 atom stereocenters. The summed E-state index contributed by atoms with van der Waals surface area (Å²) in [4.78, 5) is 24.0. The Balaban J connectivity index is 2.56. The number of amides is 1. The standard InChI is InChI=1S/C15H18N4O3/c1-10-3-5-11(6-4-10)13-9-12(14(20)17-16)15(21)19(18-13)7-8-22-2/h3-6,9H,7-8,16H2,1-2H3,(H,17,20). The summed E-state index contributed by atoms with van der Waals surface area (Å²) < 4.78 is 6.18. The van der Waals surface area contributed by atoms with E-state index in [2.05, 4.69) is 5.10 Å². The van der Waals surface area contributed by atoms with Crippen molar-refractivity contribution in [3.63, 3.8) is 0 Å². The molecule has 0 radical (unpaired) electrons. The van der Waals surface area contributed by atoms with Crippen molar-refractivity contribution in [2.75, 3.05) is 13.7 Å². The molecule has 116 valence electrons. The molecule has 0 aliphatic heterocycles. The molecule has 0 unspecified atom stereocenters. The lowest BCUT2D eigenvalue weighted by atomic mass is 10.1. The van der Waals surface area contributed by atoms with Crippen molar-refractivity contribution in [1.82, 2.24) is 15.2 Å². The maximum Gasteiger partial charge on any atom is 0.279 e. The summed E-state index contributed by atoms with van der Waals surface area (Å²) in [5, 5.41) is 4.29. The van der Waals surface area contributed by atoms with Gasteiger partial charge in [-0.2, -0.15) is 5.10 Å².